The Bertz CT molecular complexity index is 853. The van der Waals surface area contributed by atoms with Crippen LogP contribution in [0.5, 0.6) is 17.2 Å². The summed E-state index contributed by atoms with van der Waals surface area (Å²) in [6, 6.07) is 9.48. The van der Waals surface area contributed by atoms with Crippen LogP contribution in [0.1, 0.15) is 27.6 Å². The average Bonchev–Trinajstić information content (AvgIpc) is 2.65. The highest BCUT2D eigenvalue weighted by Crippen LogP contribution is 2.38. The summed E-state index contributed by atoms with van der Waals surface area (Å²) in [4.78, 5) is 35.0. The second-order valence-electron chi connectivity index (χ2n) is 5.56. The molecule has 2 aromatic carbocycles. The first kappa shape index (κ1) is 19.8. The number of hydrogen-bond acceptors (Lipinski definition) is 6. The van der Waals surface area contributed by atoms with Crippen molar-refractivity contribution in [2.75, 3.05) is 26.1 Å². The fourth-order valence-electron chi connectivity index (χ4n) is 2.32. The van der Waals surface area contributed by atoms with Gasteiger partial charge in [0.1, 0.15) is 0 Å². The van der Waals surface area contributed by atoms with Crippen molar-refractivity contribution in [1.82, 2.24) is 0 Å². The summed E-state index contributed by atoms with van der Waals surface area (Å²) in [5.74, 6) is -0.629. The maximum absolute atomic E-state index is 12.6. The topological polar surface area (TPSA) is 117 Å². The number of rotatable bonds is 8. The van der Waals surface area contributed by atoms with E-state index < -0.39 is 11.8 Å². The minimum Gasteiger partial charge on any atom is -0.493 e. The summed E-state index contributed by atoms with van der Waals surface area (Å²) in [6.45, 7) is 1.08. The lowest BCUT2D eigenvalue weighted by Gasteiger charge is -2.15. The summed E-state index contributed by atoms with van der Waals surface area (Å²) < 4.78 is 15.8. The van der Waals surface area contributed by atoms with Crippen LogP contribution in [-0.2, 0) is 4.79 Å². The molecule has 0 unspecified atom stereocenters. The lowest BCUT2D eigenvalue weighted by atomic mass is 10.1. The van der Waals surface area contributed by atoms with E-state index >= 15 is 0 Å². The summed E-state index contributed by atoms with van der Waals surface area (Å²) in [6.07, 6.45) is 0. The molecule has 0 aliphatic carbocycles. The van der Waals surface area contributed by atoms with Crippen LogP contribution in [0.15, 0.2) is 36.4 Å². The van der Waals surface area contributed by atoms with Crippen molar-refractivity contribution >= 4 is 23.3 Å². The number of anilines is 1. The zero-order chi connectivity index (χ0) is 20.0. The van der Waals surface area contributed by atoms with Gasteiger partial charge in [0.25, 0.3) is 11.8 Å². The van der Waals surface area contributed by atoms with Gasteiger partial charge < -0.3 is 25.3 Å². The number of primary amides is 1. The second kappa shape index (κ2) is 8.70. The van der Waals surface area contributed by atoms with E-state index in [1.807, 2.05) is 0 Å². The molecule has 142 valence electrons. The SMILES string of the molecule is COc1cc(C(=O)Nc2cccc(C(C)=O)c2)cc(OC)c1OCC(N)=O. The molecule has 2 rings (SSSR count). The van der Waals surface area contributed by atoms with E-state index in [0.29, 0.717) is 11.3 Å². The van der Waals surface area contributed by atoms with E-state index in [0.717, 1.165) is 0 Å². The van der Waals surface area contributed by atoms with Crippen LogP contribution in [0.25, 0.3) is 0 Å². The molecule has 2 amide bonds. The molecule has 0 heterocycles. The third-order valence-electron chi connectivity index (χ3n) is 3.61. The van der Waals surface area contributed by atoms with Crippen molar-refractivity contribution in [3.63, 3.8) is 0 Å². The van der Waals surface area contributed by atoms with Gasteiger partial charge >= 0.3 is 0 Å². The number of ether oxygens (including phenoxy) is 3. The second-order valence-corrected chi connectivity index (χ2v) is 5.56. The maximum atomic E-state index is 12.6. The van der Waals surface area contributed by atoms with Gasteiger partial charge in [0.05, 0.1) is 14.2 Å². The number of amides is 2. The van der Waals surface area contributed by atoms with Crippen LogP contribution in [0.4, 0.5) is 5.69 Å². The number of hydrogen-bond donors (Lipinski definition) is 2. The number of nitrogens with one attached hydrogen (secondary N) is 1. The number of nitrogens with two attached hydrogens (primary N) is 1. The molecule has 0 saturated heterocycles. The van der Waals surface area contributed by atoms with Gasteiger partial charge in [-0.15, -0.1) is 0 Å². The minimum absolute atomic E-state index is 0.106. The van der Waals surface area contributed by atoms with E-state index in [4.69, 9.17) is 19.9 Å². The predicted octanol–water partition coefficient (Wildman–Crippen LogP) is 2.02. The highest BCUT2D eigenvalue weighted by atomic mass is 16.5. The first-order chi connectivity index (χ1) is 12.8. The van der Waals surface area contributed by atoms with Crippen LogP contribution < -0.4 is 25.3 Å². The first-order valence-electron chi connectivity index (χ1n) is 7.95. The molecule has 2 aromatic rings. The molecule has 0 spiro atoms. The van der Waals surface area contributed by atoms with E-state index in [2.05, 4.69) is 5.32 Å². The van der Waals surface area contributed by atoms with Gasteiger partial charge in [-0.25, -0.2) is 0 Å². The Morgan fingerprint density at radius 1 is 1.00 bits per heavy atom. The molecule has 0 fully saturated rings. The fraction of sp³-hybridized carbons (Fsp3) is 0.211. The van der Waals surface area contributed by atoms with Gasteiger partial charge in [-0.2, -0.15) is 0 Å². The number of methoxy groups -OCH3 is 2. The Morgan fingerprint density at radius 3 is 2.15 bits per heavy atom. The Balaban J connectivity index is 2.31. The Labute approximate surface area is 156 Å². The molecule has 0 saturated carbocycles. The summed E-state index contributed by atoms with van der Waals surface area (Å²) in [7, 11) is 2.79. The lowest BCUT2D eigenvalue weighted by molar-refractivity contribution is -0.120. The quantitative estimate of drug-likeness (QED) is 0.685. The molecule has 0 aromatic heterocycles. The van der Waals surface area contributed by atoms with Crippen molar-refractivity contribution < 1.29 is 28.6 Å². The zero-order valence-corrected chi connectivity index (χ0v) is 15.2. The predicted molar refractivity (Wildman–Crippen MR) is 98.6 cm³/mol. The molecule has 0 bridgehead atoms. The standard InChI is InChI=1S/C19H20N2O6/c1-11(22)12-5-4-6-14(7-12)21-19(24)13-8-15(25-2)18(16(9-13)26-3)27-10-17(20)23/h4-9H,10H2,1-3H3,(H2,20,23)(H,21,24). The number of benzene rings is 2. The molecule has 8 nitrogen and oxygen atoms in total. The monoisotopic (exact) mass is 372 g/mol. The van der Waals surface area contributed by atoms with E-state index in [-0.39, 0.29) is 35.2 Å². The fourth-order valence-corrected chi connectivity index (χ4v) is 2.32. The van der Waals surface area contributed by atoms with E-state index in [1.54, 1.807) is 24.3 Å². The zero-order valence-electron chi connectivity index (χ0n) is 15.2. The van der Waals surface area contributed by atoms with Crippen molar-refractivity contribution in [2.24, 2.45) is 5.73 Å². The van der Waals surface area contributed by atoms with Crippen molar-refractivity contribution in [3.05, 3.63) is 47.5 Å². The smallest absolute Gasteiger partial charge is 0.255 e. The van der Waals surface area contributed by atoms with Crippen molar-refractivity contribution in [2.45, 2.75) is 6.92 Å². The van der Waals surface area contributed by atoms with Crippen molar-refractivity contribution in [1.29, 1.82) is 0 Å². The molecule has 8 heteroatoms. The van der Waals surface area contributed by atoms with Gasteiger partial charge in [-0.1, -0.05) is 12.1 Å². The third kappa shape index (κ3) is 4.97. The van der Waals surface area contributed by atoms with Gasteiger partial charge in [0.15, 0.2) is 23.9 Å². The van der Waals surface area contributed by atoms with Crippen LogP contribution in [0.2, 0.25) is 0 Å². The first-order valence-corrected chi connectivity index (χ1v) is 7.95. The summed E-state index contributed by atoms with van der Waals surface area (Å²) in [5.41, 5.74) is 6.28. The average molecular weight is 372 g/mol. The molecule has 0 aliphatic heterocycles. The van der Waals surface area contributed by atoms with Gasteiger partial charge in [0.2, 0.25) is 5.75 Å². The van der Waals surface area contributed by atoms with Gasteiger partial charge in [-0.05, 0) is 31.2 Å². The molecule has 27 heavy (non-hydrogen) atoms. The van der Waals surface area contributed by atoms with E-state index in [9.17, 15) is 14.4 Å². The van der Waals surface area contributed by atoms with Crippen LogP contribution in [0, 0.1) is 0 Å². The lowest BCUT2D eigenvalue weighted by Crippen LogP contribution is -2.20. The largest absolute Gasteiger partial charge is 0.493 e. The molecule has 0 radical (unpaired) electrons. The van der Waals surface area contributed by atoms with Crippen LogP contribution in [0.3, 0.4) is 0 Å². The number of ketones is 1. The minimum atomic E-state index is -0.661. The Hall–Kier alpha value is -3.55. The van der Waals surface area contributed by atoms with E-state index in [1.165, 1.54) is 33.3 Å². The molecule has 0 atom stereocenters. The molecular formula is C19H20N2O6. The maximum Gasteiger partial charge on any atom is 0.255 e. The molecule has 0 aliphatic rings. The number of carbonyl (C=O) groups excluding carboxylic acids is 3. The Morgan fingerprint density at radius 2 is 1.63 bits per heavy atom. The summed E-state index contributed by atoms with van der Waals surface area (Å²) in [5, 5.41) is 2.71. The van der Waals surface area contributed by atoms with Crippen LogP contribution >= 0.6 is 0 Å². The number of carbonyl (C=O) groups is 3. The highest BCUT2D eigenvalue weighted by molar-refractivity contribution is 6.06. The summed E-state index contributed by atoms with van der Waals surface area (Å²) >= 11 is 0. The molecular weight excluding hydrogens is 352 g/mol. The van der Waals surface area contributed by atoms with Crippen molar-refractivity contribution in [3.8, 4) is 17.2 Å². The Kier molecular flexibility index (Phi) is 6.37. The van der Waals surface area contributed by atoms with Crippen LogP contribution in [-0.4, -0.2) is 38.4 Å². The van der Waals surface area contributed by atoms with Gasteiger partial charge in [-0.3, -0.25) is 14.4 Å². The number of Topliss-reactive ketones (excluding diaryl/α,β-unsaturated/α-hetero) is 1. The normalized spacial score (nSPS) is 10.0. The molecule has 3 N–H and O–H groups in total. The highest BCUT2D eigenvalue weighted by Gasteiger charge is 2.18. The van der Waals surface area contributed by atoms with Gasteiger partial charge in [0, 0.05) is 16.8 Å². The third-order valence-corrected chi connectivity index (χ3v) is 3.61.